The molecule has 0 spiro atoms. The third kappa shape index (κ3) is 7.01. The summed E-state index contributed by atoms with van der Waals surface area (Å²) in [5.74, 6) is 2.36. The second kappa shape index (κ2) is 17.1. The maximum atomic E-state index is 13.9. The van der Waals surface area contributed by atoms with Gasteiger partial charge in [-0.15, -0.1) is 0 Å². The van der Waals surface area contributed by atoms with E-state index in [0.717, 1.165) is 57.5 Å². The topological polar surface area (TPSA) is 52.6 Å². The Hall–Kier alpha value is -2.75. The zero-order valence-corrected chi connectivity index (χ0v) is 40.2. The molecule has 4 nitrogen and oxygen atoms in total. The minimum absolute atomic E-state index is 0. The quantitative estimate of drug-likeness (QED) is 0.0836. The van der Waals surface area contributed by atoms with E-state index in [0.29, 0.717) is 36.0 Å². The zero-order valence-electron chi connectivity index (χ0n) is 37.7. The summed E-state index contributed by atoms with van der Waals surface area (Å²) in [7, 11) is -0.324. The van der Waals surface area contributed by atoms with E-state index in [9.17, 15) is 9.59 Å². The fourth-order valence-corrected chi connectivity index (χ4v) is 20.0. The maximum absolute atomic E-state index is 13.9. The van der Waals surface area contributed by atoms with Crippen molar-refractivity contribution in [3.63, 3.8) is 0 Å². The van der Waals surface area contributed by atoms with E-state index >= 15 is 0 Å². The predicted molar refractivity (Wildman–Crippen MR) is 245 cm³/mol. The standard InChI is InChI=1S/C54H72O4P.BrH/c1-38(2)42-29-34-54(49(56)57-8)36-35-52(6)43(48(42)54)27-28-45-51(5)32-31-46(50(3,4)44(51)30-33-53(45,52)7)58-47(55)26-18-19-37-59(39-20-12-9-13-21-39,40-22-14-10-15-23-40)41-24-16-11-17-25-41;/h9-17,20-25,42-46,48H,1,18-19,26-37H2,2-8H3;1H/q+1;/p-1/t42-,43+,44-,45+,46-,48+,51-,52+,53+,54-;/m0./s1. The van der Waals surface area contributed by atoms with Crippen LogP contribution in [0.2, 0.25) is 0 Å². The molecule has 0 aliphatic heterocycles. The molecule has 6 heteroatoms. The Balaban J connectivity index is 0.00000544. The van der Waals surface area contributed by atoms with Crippen molar-refractivity contribution >= 4 is 35.1 Å². The van der Waals surface area contributed by atoms with E-state index < -0.39 is 7.26 Å². The molecule has 5 saturated carbocycles. The monoisotopic (exact) mass is 894 g/mol. The van der Waals surface area contributed by atoms with Gasteiger partial charge in [-0.25, -0.2) is 0 Å². The molecule has 3 aromatic carbocycles. The SMILES string of the molecule is C=C(C)[C@@H]1CC[C@]2(C(=O)OC)CC[C@]3(C)[C@H](CC[C@@H]4[C@@]5(C)CC[C@H](OC(=O)CCCC[P+](c6ccccc6)(c6ccccc6)c6ccccc6)C(C)(C)[C@@H]5CC[C@]43C)[C@@H]12.[Br-]. The van der Waals surface area contributed by atoms with Crippen LogP contribution in [0.15, 0.2) is 103 Å². The molecule has 0 saturated heterocycles. The first kappa shape index (κ1) is 45.3. The van der Waals surface area contributed by atoms with Crippen LogP contribution in [0.3, 0.4) is 0 Å². The van der Waals surface area contributed by atoms with E-state index in [-0.39, 0.29) is 62.1 Å². The highest BCUT2D eigenvalue weighted by atomic mass is 79.9. The van der Waals surface area contributed by atoms with Gasteiger partial charge in [-0.3, -0.25) is 9.59 Å². The minimum atomic E-state index is -1.92. The number of rotatable bonds is 11. The van der Waals surface area contributed by atoms with Crippen LogP contribution < -0.4 is 32.9 Å². The van der Waals surface area contributed by atoms with Crippen molar-refractivity contribution < 1.29 is 36.0 Å². The molecular formula is C54H72BrO4P. The van der Waals surface area contributed by atoms with E-state index in [2.05, 4.69) is 139 Å². The molecule has 5 aliphatic rings. The summed E-state index contributed by atoms with van der Waals surface area (Å²) in [6.45, 7) is 19.4. The largest absolute Gasteiger partial charge is 1.00 e. The van der Waals surface area contributed by atoms with Crippen molar-refractivity contribution in [3.05, 3.63) is 103 Å². The second-order valence-corrected chi connectivity index (χ2v) is 24.8. The van der Waals surface area contributed by atoms with Gasteiger partial charge in [-0.2, -0.15) is 0 Å². The Morgan fingerprint density at radius 1 is 0.683 bits per heavy atom. The van der Waals surface area contributed by atoms with E-state index in [1.54, 1.807) is 7.11 Å². The van der Waals surface area contributed by atoms with E-state index in [1.807, 2.05) is 0 Å². The fourth-order valence-electron chi connectivity index (χ4n) is 15.6. The fraction of sp³-hybridized carbons (Fsp3) is 0.593. The lowest BCUT2D eigenvalue weighted by molar-refractivity contribution is -0.250. The van der Waals surface area contributed by atoms with Gasteiger partial charge in [0.25, 0.3) is 0 Å². The van der Waals surface area contributed by atoms with Crippen LogP contribution in [-0.2, 0) is 19.1 Å². The molecule has 60 heavy (non-hydrogen) atoms. The number of hydrogen-bond donors (Lipinski definition) is 0. The Kier molecular flexibility index (Phi) is 12.9. The number of fused-ring (bicyclic) bond motifs is 7. The Morgan fingerprint density at radius 2 is 1.27 bits per heavy atom. The first-order valence-corrected chi connectivity index (χ1v) is 25.1. The summed E-state index contributed by atoms with van der Waals surface area (Å²) in [5, 5.41) is 4.18. The minimum Gasteiger partial charge on any atom is -1.00 e. The lowest BCUT2D eigenvalue weighted by atomic mass is 9.32. The average Bonchev–Trinajstić information content (AvgIpc) is 3.64. The number of hydrogen-bond acceptors (Lipinski definition) is 4. The third-order valence-corrected chi connectivity index (χ3v) is 23.1. The average molecular weight is 896 g/mol. The number of esters is 2. The highest BCUT2D eigenvalue weighted by molar-refractivity contribution is 7.95. The molecule has 10 atom stereocenters. The number of halogens is 1. The summed E-state index contributed by atoms with van der Waals surface area (Å²) in [6, 6.07) is 33.2. The first-order chi connectivity index (χ1) is 28.2. The van der Waals surface area contributed by atoms with Crippen molar-refractivity contribution in [3.8, 4) is 0 Å². The molecule has 5 fully saturated rings. The molecule has 324 valence electrons. The van der Waals surface area contributed by atoms with Crippen molar-refractivity contribution in [2.45, 2.75) is 131 Å². The number of unbranched alkanes of at least 4 members (excludes halogenated alkanes) is 1. The van der Waals surface area contributed by atoms with Crippen LogP contribution in [-0.4, -0.2) is 31.3 Å². The van der Waals surface area contributed by atoms with Crippen molar-refractivity contribution in [1.82, 2.24) is 0 Å². The van der Waals surface area contributed by atoms with Crippen LogP contribution in [0.5, 0.6) is 0 Å². The lowest BCUT2D eigenvalue weighted by Crippen LogP contribution is -3.00. The van der Waals surface area contributed by atoms with Crippen molar-refractivity contribution in [2.24, 2.45) is 56.7 Å². The van der Waals surface area contributed by atoms with Crippen molar-refractivity contribution in [2.75, 3.05) is 13.3 Å². The number of benzene rings is 3. The molecule has 0 amide bonds. The van der Waals surface area contributed by atoms with Gasteiger partial charge >= 0.3 is 11.9 Å². The molecule has 0 aromatic heterocycles. The molecule has 0 radical (unpaired) electrons. The Labute approximate surface area is 373 Å². The molecule has 0 bridgehead atoms. The predicted octanol–water partition coefficient (Wildman–Crippen LogP) is 8.90. The zero-order chi connectivity index (χ0) is 41.8. The summed E-state index contributed by atoms with van der Waals surface area (Å²) in [5.41, 5.74) is 1.35. The van der Waals surface area contributed by atoms with Crippen LogP contribution >= 0.6 is 7.26 Å². The summed E-state index contributed by atoms with van der Waals surface area (Å²) < 4.78 is 12.2. The number of methoxy groups -OCH3 is 1. The van der Waals surface area contributed by atoms with Gasteiger partial charge in [-0.05, 0) is 166 Å². The molecule has 0 unspecified atom stereocenters. The highest BCUT2D eigenvalue weighted by Crippen LogP contribution is 2.77. The van der Waals surface area contributed by atoms with Gasteiger partial charge in [0.2, 0.25) is 0 Å². The van der Waals surface area contributed by atoms with Crippen LogP contribution in [0.1, 0.15) is 125 Å². The van der Waals surface area contributed by atoms with Crippen LogP contribution in [0.4, 0.5) is 0 Å². The molecule has 0 N–H and O–H groups in total. The highest BCUT2D eigenvalue weighted by Gasteiger charge is 2.72. The molecule has 8 rings (SSSR count). The van der Waals surface area contributed by atoms with Gasteiger partial charge in [0.15, 0.2) is 0 Å². The Bertz CT molecular complexity index is 1900. The molecular weight excluding hydrogens is 823 g/mol. The number of carbonyl (C=O) groups excluding carboxylic acids is 2. The van der Waals surface area contributed by atoms with Gasteiger partial charge in [0.05, 0.1) is 18.7 Å². The van der Waals surface area contributed by atoms with E-state index in [4.69, 9.17) is 9.47 Å². The molecule has 3 aromatic rings. The smallest absolute Gasteiger partial charge is 0.312 e. The molecule has 5 aliphatic carbocycles. The van der Waals surface area contributed by atoms with E-state index in [1.165, 1.54) is 47.2 Å². The van der Waals surface area contributed by atoms with Gasteiger partial charge in [0, 0.05) is 11.8 Å². The lowest BCUT2D eigenvalue weighted by Gasteiger charge is -2.72. The summed E-state index contributed by atoms with van der Waals surface area (Å²) in [4.78, 5) is 27.5. The Morgan fingerprint density at radius 3 is 1.82 bits per heavy atom. The third-order valence-electron chi connectivity index (χ3n) is 18.6. The first-order valence-electron chi connectivity index (χ1n) is 23.2. The number of carbonyl (C=O) groups is 2. The second-order valence-electron chi connectivity index (χ2n) is 21.2. The van der Waals surface area contributed by atoms with Crippen LogP contribution in [0.25, 0.3) is 0 Å². The van der Waals surface area contributed by atoms with Crippen molar-refractivity contribution in [1.29, 1.82) is 0 Å². The summed E-state index contributed by atoms with van der Waals surface area (Å²) >= 11 is 0. The number of ether oxygens (including phenoxy) is 2. The maximum Gasteiger partial charge on any atom is 0.312 e. The number of allylic oxidation sites excluding steroid dienone is 1. The van der Waals surface area contributed by atoms with Gasteiger partial charge in [-0.1, -0.05) is 101 Å². The van der Waals surface area contributed by atoms with Crippen LogP contribution in [0, 0.1) is 56.7 Å². The van der Waals surface area contributed by atoms with Gasteiger partial charge in [0.1, 0.15) is 29.3 Å². The summed E-state index contributed by atoms with van der Waals surface area (Å²) in [6.07, 6.45) is 14.1. The molecule has 0 heterocycles. The normalized spacial score (nSPS) is 35.3. The van der Waals surface area contributed by atoms with Gasteiger partial charge < -0.3 is 26.5 Å².